The molecule has 244 valence electrons. The third-order valence-corrected chi connectivity index (χ3v) is 8.92. The van der Waals surface area contributed by atoms with Gasteiger partial charge in [-0.3, -0.25) is 4.79 Å². The largest absolute Gasteiger partial charge is 0.465 e. The first kappa shape index (κ1) is 36.7. The second kappa shape index (κ2) is 15.5. The smallest absolute Gasteiger partial charge is 0.405 e. The molecule has 2 amide bonds. The summed E-state index contributed by atoms with van der Waals surface area (Å²) >= 11 is 0. The highest BCUT2D eigenvalue weighted by Gasteiger charge is 2.41. The van der Waals surface area contributed by atoms with Gasteiger partial charge in [-0.1, -0.05) is 96.1 Å². The number of hydrogen-bond acceptors (Lipinski definition) is 7. The highest BCUT2D eigenvalue weighted by molar-refractivity contribution is 7.89. The molecule has 0 aliphatic rings. The zero-order chi connectivity index (χ0) is 33.3. The predicted octanol–water partition coefficient (Wildman–Crippen LogP) is 4.33. The molecule has 5 N–H and O–H groups in total. The lowest BCUT2D eigenvalue weighted by atomic mass is 9.71. The maximum atomic E-state index is 13.8. The van der Waals surface area contributed by atoms with Crippen molar-refractivity contribution in [3.05, 3.63) is 65.7 Å². The molecule has 12 heteroatoms. The fourth-order valence-electron chi connectivity index (χ4n) is 5.58. The van der Waals surface area contributed by atoms with Crippen LogP contribution in [0.5, 0.6) is 0 Å². The molecule has 44 heavy (non-hydrogen) atoms. The summed E-state index contributed by atoms with van der Waals surface area (Å²) in [7, 11) is -4.07. The number of carbonyl (C=O) groups is 2. The standard InChI is InChI=1S/C32H48N4O7S/c1-22(2)19-36(44(42,43)25-15-13-24(14-16-25)18-33-41)20-27(37)26(17-23-11-9-8-10-12-23)34-29(38)28(35-30(39)40)32(6,7)21-31(3,4)5/h8-16,18,22,26-28,35,37,41H,17,19-21H2,1-7H3,(H,34,38)(H,39,40)/t26-,27-,28+/m0/s1. The van der Waals surface area contributed by atoms with Crippen LogP contribution in [0.2, 0.25) is 0 Å². The molecule has 0 aromatic heterocycles. The van der Waals surface area contributed by atoms with Gasteiger partial charge in [0, 0.05) is 13.1 Å². The number of hydrogen-bond donors (Lipinski definition) is 5. The van der Waals surface area contributed by atoms with E-state index < -0.39 is 45.6 Å². The van der Waals surface area contributed by atoms with Crippen molar-refractivity contribution in [1.82, 2.24) is 14.9 Å². The summed E-state index contributed by atoms with van der Waals surface area (Å²) in [5, 5.41) is 38.1. The van der Waals surface area contributed by atoms with Crippen LogP contribution in [0.1, 0.15) is 66.0 Å². The Labute approximate surface area is 261 Å². The quantitative estimate of drug-likeness (QED) is 0.111. The van der Waals surface area contributed by atoms with Gasteiger partial charge in [-0.15, -0.1) is 0 Å². The van der Waals surface area contributed by atoms with Crippen LogP contribution in [0.4, 0.5) is 4.79 Å². The number of nitrogens with zero attached hydrogens (tertiary/aromatic N) is 2. The molecule has 3 atom stereocenters. The summed E-state index contributed by atoms with van der Waals surface area (Å²) in [5.74, 6) is -0.691. The third-order valence-electron chi connectivity index (χ3n) is 7.07. The van der Waals surface area contributed by atoms with Gasteiger partial charge in [0.1, 0.15) is 6.04 Å². The molecule has 0 spiro atoms. The van der Waals surface area contributed by atoms with Crippen molar-refractivity contribution >= 4 is 28.2 Å². The lowest BCUT2D eigenvalue weighted by molar-refractivity contribution is -0.128. The SMILES string of the molecule is CC(C)CN(C[C@H](O)[C@H](Cc1ccccc1)NC(=O)[C@@H](NC(=O)O)C(C)(C)CC(C)(C)C)S(=O)(=O)c1ccc(C=NO)cc1. The Morgan fingerprint density at radius 2 is 1.55 bits per heavy atom. The fourth-order valence-corrected chi connectivity index (χ4v) is 7.20. The van der Waals surface area contributed by atoms with Gasteiger partial charge in [0.2, 0.25) is 15.9 Å². The van der Waals surface area contributed by atoms with Gasteiger partial charge in [-0.2, -0.15) is 4.31 Å². The fraction of sp³-hybridized carbons (Fsp3) is 0.531. The van der Waals surface area contributed by atoms with E-state index >= 15 is 0 Å². The lowest BCUT2D eigenvalue weighted by Crippen LogP contribution is -2.59. The molecule has 2 aromatic carbocycles. The van der Waals surface area contributed by atoms with E-state index in [0.717, 1.165) is 5.56 Å². The number of carboxylic acid groups (broad SMARTS) is 1. The lowest BCUT2D eigenvalue weighted by Gasteiger charge is -2.39. The van der Waals surface area contributed by atoms with Crippen molar-refractivity contribution in [2.45, 2.75) is 84.4 Å². The number of amides is 2. The van der Waals surface area contributed by atoms with Crippen molar-refractivity contribution < 1.29 is 33.4 Å². The van der Waals surface area contributed by atoms with Crippen LogP contribution in [-0.2, 0) is 21.2 Å². The molecule has 2 rings (SSSR count). The minimum absolute atomic E-state index is 0.00117. The van der Waals surface area contributed by atoms with Crippen LogP contribution in [-0.4, -0.2) is 77.6 Å². The third kappa shape index (κ3) is 11.2. The van der Waals surface area contributed by atoms with Crippen molar-refractivity contribution in [3.63, 3.8) is 0 Å². The van der Waals surface area contributed by atoms with E-state index in [0.29, 0.717) is 12.0 Å². The number of sulfonamides is 1. The second-order valence-electron chi connectivity index (χ2n) is 13.5. The number of nitrogens with one attached hydrogen (secondary N) is 2. The van der Waals surface area contributed by atoms with E-state index in [4.69, 9.17) is 5.21 Å². The Bertz CT molecular complexity index is 1360. The molecule has 0 aliphatic heterocycles. The summed E-state index contributed by atoms with van der Waals surface area (Å²) < 4.78 is 28.7. The molecule has 0 saturated heterocycles. The summed E-state index contributed by atoms with van der Waals surface area (Å²) in [6.07, 6.45) is -0.813. The normalized spacial score (nSPS) is 14.9. The Hall–Kier alpha value is -3.48. The molecular formula is C32H48N4O7S. The first-order chi connectivity index (χ1) is 20.4. The highest BCUT2D eigenvalue weighted by Crippen LogP contribution is 2.36. The zero-order valence-electron chi connectivity index (χ0n) is 26.7. The van der Waals surface area contributed by atoms with E-state index in [1.165, 1.54) is 34.8 Å². The van der Waals surface area contributed by atoms with Gasteiger partial charge < -0.3 is 26.1 Å². The summed E-state index contributed by atoms with van der Waals surface area (Å²) in [5.41, 5.74) is 0.308. The number of aliphatic hydroxyl groups is 1. The molecule has 0 saturated carbocycles. The topological polar surface area (TPSA) is 169 Å². The van der Waals surface area contributed by atoms with Gasteiger partial charge in [0.05, 0.1) is 23.3 Å². The average molecular weight is 633 g/mol. The van der Waals surface area contributed by atoms with Crippen LogP contribution in [0, 0.1) is 16.7 Å². The number of aliphatic hydroxyl groups excluding tert-OH is 1. The molecule has 0 unspecified atom stereocenters. The number of rotatable bonds is 15. The highest BCUT2D eigenvalue weighted by atomic mass is 32.2. The Morgan fingerprint density at radius 1 is 0.955 bits per heavy atom. The first-order valence-corrected chi connectivity index (χ1v) is 16.1. The van der Waals surface area contributed by atoms with Crippen molar-refractivity contribution in [3.8, 4) is 0 Å². The van der Waals surface area contributed by atoms with Crippen LogP contribution in [0.25, 0.3) is 0 Å². The van der Waals surface area contributed by atoms with Crippen molar-refractivity contribution in [1.29, 1.82) is 0 Å². The Kier molecular flexibility index (Phi) is 12.9. The van der Waals surface area contributed by atoms with Gasteiger partial charge >= 0.3 is 6.09 Å². The number of carbonyl (C=O) groups excluding carboxylic acids is 1. The molecule has 2 aromatic rings. The number of benzene rings is 2. The van der Waals surface area contributed by atoms with E-state index in [2.05, 4.69) is 15.8 Å². The van der Waals surface area contributed by atoms with Gasteiger partial charge in [-0.05, 0) is 52.8 Å². The number of oxime groups is 1. The minimum atomic E-state index is -4.07. The Balaban J connectivity index is 2.46. The minimum Gasteiger partial charge on any atom is -0.465 e. The molecule has 0 radical (unpaired) electrons. The van der Waals surface area contributed by atoms with E-state index in [-0.39, 0.29) is 35.7 Å². The maximum absolute atomic E-state index is 13.8. The van der Waals surface area contributed by atoms with E-state index in [1.54, 1.807) is 0 Å². The molecule has 11 nitrogen and oxygen atoms in total. The van der Waals surface area contributed by atoms with Crippen LogP contribution in [0.3, 0.4) is 0 Å². The maximum Gasteiger partial charge on any atom is 0.405 e. The second-order valence-corrected chi connectivity index (χ2v) is 15.4. The van der Waals surface area contributed by atoms with E-state index in [9.17, 15) is 28.2 Å². The van der Waals surface area contributed by atoms with Crippen molar-refractivity contribution in [2.75, 3.05) is 13.1 Å². The van der Waals surface area contributed by atoms with Crippen LogP contribution >= 0.6 is 0 Å². The van der Waals surface area contributed by atoms with Crippen molar-refractivity contribution in [2.24, 2.45) is 21.9 Å². The molecule has 0 fully saturated rings. The summed E-state index contributed by atoms with van der Waals surface area (Å²) in [4.78, 5) is 25.5. The van der Waals surface area contributed by atoms with Crippen LogP contribution in [0.15, 0.2) is 64.6 Å². The van der Waals surface area contributed by atoms with E-state index in [1.807, 2.05) is 78.8 Å². The Morgan fingerprint density at radius 3 is 2.05 bits per heavy atom. The van der Waals surface area contributed by atoms with Crippen LogP contribution < -0.4 is 10.6 Å². The van der Waals surface area contributed by atoms with Gasteiger partial charge in [0.15, 0.2) is 0 Å². The molecule has 0 heterocycles. The summed E-state index contributed by atoms with van der Waals surface area (Å²) in [6, 6.07) is 12.9. The van der Waals surface area contributed by atoms with Gasteiger partial charge in [0.25, 0.3) is 0 Å². The molecular weight excluding hydrogens is 584 g/mol. The average Bonchev–Trinajstić information content (AvgIpc) is 2.90. The monoisotopic (exact) mass is 632 g/mol. The molecule has 0 bridgehead atoms. The zero-order valence-corrected chi connectivity index (χ0v) is 27.5. The first-order valence-electron chi connectivity index (χ1n) is 14.6. The predicted molar refractivity (Wildman–Crippen MR) is 170 cm³/mol. The summed E-state index contributed by atoms with van der Waals surface area (Å²) in [6.45, 7) is 13.1. The van der Waals surface area contributed by atoms with Gasteiger partial charge in [-0.25, -0.2) is 13.2 Å². The molecule has 0 aliphatic carbocycles.